The van der Waals surface area contributed by atoms with E-state index < -0.39 is 0 Å². The van der Waals surface area contributed by atoms with Crippen molar-refractivity contribution in [2.24, 2.45) is 0 Å². The summed E-state index contributed by atoms with van der Waals surface area (Å²) in [7, 11) is 0. The molecule has 1 heterocycles. The third-order valence-electron chi connectivity index (χ3n) is 3.07. The van der Waals surface area contributed by atoms with Crippen LogP contribution >= 0.6 is 0 Å². The second kappa shape index (κ2) is 3.56. The van der Waals surface area contributed by atoms with Crippen LogP contribution < -0.4 is 5.73 Å². The highest BCUT2D eigenvalue weighted by molar-refractivity contribution is 5.82. The molecule has 1 aromatic heterocycles. The lowest BCUT2D eigenvalue weighted by atomic mass is 9.96. The Morgan fingerprint density at radius 1 is 1.12 bits per heavy atom. The number of benzene rings is 1. The molecule has 0 saturated heterocycles. The number of fused-ring (bicyclic) bond motifs is 1. The fourth-order valence-corrected chi connectivity index (χ4v) is 2.35. The van der Waals surface area contributed by atoms with E-state index in [1.165, 1.54) is 22.4 Å². The number of hydrogen-bond donors (Lipinski definition) is 2. The first-order valence-electron chi connectivity index (χ1n) is 5.58. The van der Waals surface area contributed by atoms with E-state index in [2.05, 4.69) is 29.3 Å². The molecule has 0 radical (unpaired) electrons. The van der Waals surface area contributed by atoms with Gasteiger partial charge in [0.15, 0.2) is 0 Å². The van der Waals surface area contributed by atoms with E-state index in [1.807, 2.05) is 18.2 Å². The zero-order valence-corrected chi connectivity index (χ0v) is 9.03. The van der Waals surface area contributed by atoms with E-state index in [9.17, 15) is 0 Å². The van der Waals surface area contributed by atoms with Crippen LogP contribution in [0.4, 0.5) is 5.82 Å². The summed E-state index contributed by atoms with van der Waals surface area (Å²) in [5.41, 5.74) is 11.0. The van der Waals surface area contributed by atoms with Gasteiger partial charge in [-0.2, -0.15) is 0 Å². The molecule has 80 valence electrons. The molecule has 0 fully saturated rings. The number of hydrogen-bond acceptors (Lipinski definition) is 1. The van der Waals surface area contributed by atoms with Crippen LogP contribution in [0.3, 0.4) is 0 Å². The predicted molar refractivity (Wildman–Crippen MR) is 68.0 cm³/mol. The number of nitrogens with two attached hydrogens (primary N) is 1. The number of aromatic nitrogens is 1. The molecule has 2 heteroatoms. The third kappa shape index (κ3) is 1.34. The quantitative estimate of drug-likeness (QED) is 0.745. The number of rotatable bonds is 1. The van der Waals surface area contributed by atoms with Crippen LogP contribution in [0.2, 0.25) is 0 Å². The van der Waals surface area contributed by atoms with Crippen LogP contribution in [0.5, 0.6) is 0 Å². The standard InChI is InChI=1S/C14H14N2/c15-14-13(10-6-2-1-3-7-10)11-8-4-5-9-12(11)16-14/h1-3,5-7,9,16H,4,8,15H2. The van der Waals surface area contributed by atoms with E-state index in [0.717, 1.165) is 18.7 Å². The largest absolute Gasteiger partial charge is 0.385 e. The Hall–Kier alpha value is -1.96. The molecule has 1 aromatic carbocycles. The average Bonchev–Trinajstić information content (AvgIpc) is 2.66. The average molecular weight is 210 g/mol. The molecule has 0 unspecified atom stereocenters. The van der Waals surface area contributed by atoms with Gasteiger partial charge in [-0.3, -0.25) is 0 Å². The van der Waals surface area contributed by atoms with Crippen molar-refractivity contribution in [3.05, 3.63) is 47.7 Å². The first kappa shape index (κ1) is 9.28. The topological polar surface area (TPSA) is 41.8 Å². The molecule has 0 spiro atoms. The van der Waals surface area contributed by atoms with E-state index >= 15 is 0 Å². The Balaban J connectivity index is 2.21. The van der Waals surface area contributed by atoms with Crippen molar-refractivity contribution in [2.75, 3.05) is 5.73 Å². The maximum absolute atomic E-state index is 6.06. The summed E-state index contributed by atoms with van der Waals surface area (Å²) >= 11 is 0. The number of nitrogen functional groups attached to an aromatic ring is 1. The summed E-state index contributed by atoms with van der Waals surface area (Å²) in [5, 5.41) is 0. The molecule has 2 nitrogen and oxygen atoms in total. The molecule has 3 rings (SSSR count). The van der Waals surface area contributed by atoms with Crippen LogP contribution in [0.15, 0.2) is 36.4 Å². The van der Waals surface area contributed by atoms with Crippen molar-refractivity contribution in [3.63, 3.8) is 0 Å². The number of nitrogens with one attached hydrogen (secondary N) is 1. The third-order valence-corrected chi connectivity index (χ3v) is 3.07. The van der Waals surface area contributed by atoms with Crippen LogP contribution in [0.25, 0.3) is 17.2 Å². The normalized spacial score (nSPS) is 13.8. The maximum Gasteiger partial charge on any atom is 0.109 e. The van der Waals surface area contributed by atoms with Gasteiger partial charge in [-0.15, -0.1) is 0 Å². The minimum Gasteiger partial charge on any atom is -0.385 e. The lowest BCUT2D eigenvalue weighted by molar-refractivity contribution is 0.987. The predicted octanol–water partition coefficient (Wildman–Crippen LogP) is 3.22. The lowest BCUT2D eigenvalue weighted by Gasteiger charge is -2.08. The molecule has 3 N–H and O–H groups in total. The molecule has 0 aliphatic heterocycles. The fraction of sp³-hybridized carbons (Fsp3) is 0.143. The Kier molecular flexibility index (Phi) is 2.07. The molecule has 0 saturated carbocycles. The molecule has 1 aliphatic carbocycles. The molecule has 16 heavy (non-hydrogen) atoms. The first-order valence-corrected chi connectivity index (χ1v) is 5.58. The van der Waals surface area contributed by atoms with Gasteiger partial charge in [0, 0.05) is 11.3 Å². The van der Waals surface area contributed by atoms with Crippen LogP contribution in [-0.2, 0) is 6.42 Å². The summed E-state index contributed by atoms with van der Waals surface area (Å²) in [4.78, 5) is 3.25. The molecule has 1 aliphatic rings. The van der Waals surface area contributed by atoms with Crippen molar-refractivity contribution < 1.29 is 0 Å². The van der Waals surface area contributed by atoms with Gasteiger partial charge in [-0.1, -0.05) is 36.4 Å². The van der Waals surface area contributed by atoms with E-state index in [4.69, 9.17) is 5.73 Å². The van der Waals surface area contributed by atoms with E-state index in [-0.39, 0.29) is 0 Å². The first-order chi connectivity index (χ1) is 7.86. The molecule has 2 aromatic rings. The Morgan fingerprint density at radius 2 is 1.94 bits per heavy atom. The zero-order chi connectivity index (χ0) is 11.0. The number of anilines is 1. The Bertz CT molecular complexity index is 535. The van der Waals surface area contributed by atoms with Gasteiger partial charge in [0.05, 0.1) is 0 Å². The second-order valence-corrected chi connectivity index (χ2v) is 4.11. The summed E-state index contributed by atoms with van der Waals surface area (Å²) in [6.07, 6.45) is 6.49. The van der Waals surface area contributed by atoms with Gasteiger partial charge in [-0.25, -0.2) is 0 Å². The molecule has 0 amide bonds. The number of aromatic amines is 1. The van der Waals surface area contributed by atoms with Crippen LogP contribution in [0.1, 0.15) is 17.7 Å². The monoisotopic (exact) mass is 210 g/mol. The molecular formula is C14H14N2. The van der Waals surface area contributed by atoms with Crippen LogP contribution in [-0.4, -0.2) is 4.98 Å². The zero-order valence-electron chi connectivity index (χ0n) is 9.03. The van der Waals surface area contributed by atoms with Gasteiger partial charge in [0.25, 0.3) is 0 Å². The SMILES string of the molecule is Nc1[nH]c2c(c1-c1ccccc1)CCC=C2. The van der Waals surface area contributed by atoms with Gasteiger partial charge < -0.3 is 10.7 Å². The second-order valence-electron chi connectivity index (χ2n) is 4.11. The fourth-order valence-electron chi connectivity index (χ4n) is 2.35. The highest BCUT2D eigenvalue weighted by Crippen LogP contribution is 2.35. The van der Waals surface area contributed by atoms with Crippen molar-refractivity contribution >= 4 is 11.9 Å². The van der Waals surface area contributed by atoms with Crippen molar-refractivity contribution in [2.45, 2.75) is 12.8 Å². The summed E-state index contributed by atoms with van der Waals surface area (Å²) in [6.45, 7) is 0. The van der Waals surface area contributed by atoms with Gasteiger partial charge in [-0.05, 0) is 30.0 Å². The number of allylic oxidation sites excluding steroid dienone is 1. The lowest BCUT2D eigenvalue weighted by Crippen LogP contribution is -1.93. The van der Waals surface area contributed by atoms with E-state index in [0.29, 0.717) is 0 Å². The summed E-state index contributed by atoms with van der Waals surface area (Å²) < 4.78 is 0. The minimum atomic E-state index is 0.780. The Labute approximate surface area is 94.8 Å². The van der Waals surface area contributed by atoms with Gasteiger partial charge in [0.1, 0.15) is 5.82 Å². The van der Waals surface area contributed by atoms with Gasteiger partial charge >= 0.3 is 0 Å². The van der Waals surface area contributed by atoms with E-state index in [1.54, 1.807) is 0 Å². The highest BCUT2D eigenvalue weighted by atomic mass is 14.9. The van der Waals surface area contributed by atoms with Crippen molar-refractivity contribution in [1.29, 1.82) is 0 Å². The highest BCUT2D eigenvalue weighted by Gasteiger charge is 2.16. The maximum atomic E-state index is 6.06. The van der Waals surface area contributed by atoms with Crippen LogP contribution in [0, 0.1) is 0 Å². The molecule has 0 atom stereocenters. The van der Waals surface area contributed by atoms with Crippen molar-refractivity contribution in [3.8, 4) is 11.1 Å². The minimum absolute atomic E-state index is 0.780. The Morgan fingerprint density at radius 3 is 2.75 bits per heavy atom. The molecule has 0 bridgehead atoms. The summed E-state index contributed by atoms with van der Waals surface area (Å²) in [6, 6.07) is 10.3. The summed E-state index contributed by atoms with van der Waals surface area (Å²) in [5.74, 6) is 0.780. The number of H-pyrrole nitrogens is 1. The van der Waals surface area contributed by atoms with Gasteiger partial charge in [0.2, 0.25) is 0 Å². The smallest absolute Gasteiger partial charge is 0.109 e. The molecular weight excluding hydrogens is 196 g/mol. The van der Waals surface area contributed by atoms with Crippen molar-refractivity contribution in [1.82, 2.24) is 4.98 Å².